The minimum Gasteiger partial charge on any atom is -0.164 e. The van der Waals surface area contributed by atoms with Gasteiger partial charge in [-0.05, 0) is 11.6 Å². The van der Waals surface area contributed by atoms with E-state index in [9.17, 15) is 0 Å². The first-order valence-corrected chi connectivity index (χ1v) is 5.33. The van der Waals surface area contributed by atoms with Crippen LogP contribution in [-0.4, -0.2) is 26.1 Å². The maximum absolute atomic E-state index is 5.59. The van der Waals surface area contributed by atoms with Gasteiger partial charge in [0.25, 0.3) is 0 Å². The zero-order valence-corrected chi connectivity index (χ0v) is 8.93. The van der Waals surface area contributed by atoms with E-state index in [4.69, 9.17) is 11.6 Å². The van der Waals surface area contributed by atoms with Gasteiger partial charge in [0.2, 0.25) is 5.82 Å². The highest BCUT2D eigenvalue weighted by molar-refractivity contribution is 6.17. The Morgan fingerprint density at radius 1 is 1.20 bits per heavy atom. The van der Waals surface area contributed by atoms with Gasteiger partial charge < -0.3 is 0 Å². The maximum atomic E-state index is 5.59. The van der Waals surface area contributed by atoms with Crippen LogP contribution in [0.5, 0.6) is 0 Å². The fraction of sp³-hybridized carbons (Fsp3) is 0.300. The van der Waals surface area contributed by atoms with E-state index in [1.807, 2.05) is 30.3 Å². The van der Waals surface area contributed by atoms with E-state index in [2.05, 4.69) is 15.4 Å². The Morgan fingerprint density at radius 3 is 2.73 bits per heavy atom. The summed E-state index contributed by atoms with van der Waals surface area (Å²) in [6.07, 6.45) is 0.853. The van der Waals surface area contributed by atoms with Gasteiger partial charge in [-0.1, -0.05) is 30.3 Å². The van der Waals surface area contributed by atoms with Crippen LogP contribution in [0, 0.1) is 0 Å². The minimum absolute atomic E-state index is 0.613. The largest absolute Gasteiger partial charge is 0.204 e. The van der Waals surface area contributed by atoms with E-state index in [1.165, 1.54) is 0 Å². The monoisotopic (exact) mass is 222 g/mol. The molecule has 0 amide bonds. The Hall–Kier alpha value is -1.42. The third-order valence-electron chi connectivity index (χ3n) is 1.98. The Bertz CT molecular complexity index is 412. The summed E-state index contributed by atoms with van der Waals surface area (Å²) in [5.41, 5.74) is 0.981. The highest BCUT2D eigenvalue weighted by atomic mass is 35.5. The molecule has 0 aliphatic carbocycles. The molecule has 0 unspecified atom stereocenters. The van der Waals surface area contributed by atoms with Crippen molar-refractivity contribution in [1.82, 2.24) is 20.2 Å². The molecule has 4 nitrogen and oxygen atoms in total. The number of benzene rings is 1. The van der Waals surface area contributed by atoms with Crippen LogP contribution in [0.2, 0.25) is 0 Å². The van der Waals surface area contributed by atoms with Gasteiger partial charge in [0.1, 0.15) is 0 Å². The van der Waals surface area contributed by atoms with Crippen LogP contribution in [0.25, 0.3) is 11.4 Å². The molecule has 1 heterocycles. The van der Waals surface area contributed by atoms with Gasteiger partial charge in [-0.3, -0.25) is 0 Å². The number of hydrogen-bond donors (Lipinski definition) is 0. The fourth-order valence-corrected chi connectivity index (χ4v) is 1.36. The van der Waals surface area contributed by atoms with Crippen molar-refractivity contribution in [2.75, 3.05) is 5.88 Å². The number of aromatic nitrogens is 4. The van der Waals surface area contributed by atoms with Crippen molar-refractivity contribution in [3.8, 4) is 11.4 Å². The quantitative estimate of drug-likeness (QED) is 0.743. The average molecular weight is 223 g/mol. The molecule has 2 aromatic rings. The van der Waals surface area contributed by atoms with E-state index in [0.717, 1.165) is 12.0 Å². The molecule has 0 fully saturated rings. The standard InChI is InChI=1S/C10H11ClN4/c11-7-4-8-15-13-10(12-14-15)9-5-2-1-3-6-9/h1-3,5-6H,4,7-8H2. The molecule has 0 atom stereocenters. The summed E-state index contributed by atoms with van der Waals surface area (Å²) >= 11 is 5.59. The first-order chi connectivity index (χ1) is 7.40. The number of alkyl halides is 1. The summed E-state index contributed by atoms with van der Waals surface area (Å²) < 4.78 is 0. The van der Waals surface area contributed by atoms with E-state index in [1.54, 1.807) is 4.80 Å². The highest BCUT2D eigenvalue weighted by Crippen LogP contribution is 2.11. The van der Waals surface area contributed by atoms with Crippen LogP contribution < -0.4 is 0 Å². The van der Waals surface area contributed by atoms with Crippen LogP contribution in [0.4, 0.5) is 0 Å². The second-order valence-corrected chi connectivity index (χ2v) is 3.50. The molecule has 0 spiro atoms. The van der Waals surface area contributed by atoms with E-state index in [0.29, 0.717) is 18.2 Å². The lowest BCUT2D eigenvalue weighted by Crippen LogP contribution is -2.02. The van der Waals surface area contributed by atoms with Crippen molar-refractivity contribution in [3.63, 3.8) is 0 Å². The van der Waals surface area contributed by atoms with Gasteiger partial charge in [-0.2, -0.15) is 4.80 Å². The van der Waals surface area contributed by atoms with Gasteiger partial charge in [0.15, 0.2) is 0 Å². The van der Waals surface area contributed by atoms with E-state index < -0.39 is 0 Å². The topological polar surface area (TPSA) is 43.6 Å². The van der Waals surface area contributed by atoms with Gasteiger partial charge in [0, 0.05) is 11.4 Å². The number of nitrogens with zero attached hydrogens (tertiary/aromatic N) is 4. The lowest BCUT2D eigenvalue weighted by atomic mass is 10.2. The van der Waals surface area contributed by atoms with Crippen LogP contribution in [-0.2, 0) is 6.54 Å². The van der Waals surface area contributed by atoms with Crippen molar-refractivity contribution in [2.45, 2.75) is 13.0 Å². The number of aryl methyl sites for hydroxylation is 1. The van der Waals surface area contributed by atoms with Gasteiger partial charge in [0.05, 0.1) is 6.54 Å². The third-order valence-corrected chi connectivity index (χ3v) is 2.24. The SMILES string of the molecule is ClCCCn1nnc(-c2ccccc2)n1. The Balaban J connectivity index is 2.14. The third kappa shape index (κ3) is 2.53. The van der Waals surface area contributed by atoms with Gasteiger partial charge >= 0.3 is 0 Å². The molecule has 2 rings (SSSR count). The molecule has 0 radical (unpaired) electrons. The summed E-state index contributed by atoms with van der Waals surface area (Å²) in [5.74, 6) is 1.27. The zero-order valence-electron chi connectivity index (χ0n) is 8.17. The number of halogens is 1. The number of hydrogen-bond acceptors (Lipinski definition) is 3. The molecule has 1 aromatic carbocycles. The zero-order chi connectivity index (χ0) is 10.5. The first kappa shape index (κ1) is 10.1. The molecule has 78 valence electrons. The lowest BCUT2D eigenvalue weighted by molar-refractivity contribution is 0.516. The highest BCUT2D eigenvalue weighted by Gasteiger charge is 2.03. The van der Waals surface area contributed by atoms with Crippen molar-refractivity contribution in [3.05, 3.63) is 30.3 Å². The fourth-order valence-electron chi connectivity index (χ4n) is 1.24. The minimum atomic E-state index is 0.613. The number of tetrazole rings is 1. The van der Waals surface area contributed by atoms with Crippen LogP contribution >= 0.6 is 11.6 Å². The maximum Gasteiger partial charge on any atom is 0.204 e. The van der Waals surface area contributed by atoms with Crippen molar-refractivity contribution in [2.24, 2.45) is 0 Å². The lowest BCUT2D eigenvalue weighted by Gasteiger charge is -1.94. The molecule has 0 saturated heterocycles. The normalized spacial score (nSPS) is 10.5. The summed E-state index contributed by atoms with van der Waals surface area (Å²) in [5, 5.41) is 12.2. The van der Waals surface area contributed by atoms with Crippen molar-refractivity contribution < 1.29 is 0 Å². The Labute approximate surface area is 92.9 Å². The second-order valence-electron chi connectivity index (χ2n) is 3.12. The van der Waals surface area contributed by atoms with Crippen LogP contribution in [0.15, 0.2) is 30.3 Å². The van der Waals surface area contributed by atoms with Crippen LogP contribution in [0.1, 0.15) is 6.42 Å². The summed E-state index contributed by atoms with van der Waals surface area (Å²) in [6.45, 7) is 0.712. The van der Waals surface area contributed by atoms with Gasteiger partial charge in [-0.15, -0.1) is 21.8 Å². The van der Waals surface area contributed by atoms with Gasteiger partial charge in [-0.25, -0.2) is 0 Å². The van der Waals surface area contributed by atoms with Crippen LogP contribution in [0.3, 0.4) is 0 Å². The number of rotatable bonds is 4. The predicted octanol–water partition coefficient (Wildman–Crippen LogP) is 1.97. The molecule has 0 N–H and O–H groups in total. The molecule has 15 heavy (non-hydrogen) atoms. The Morgan fingerprint density at radius 2 is 2.00 bits per heavy atom. The molecule has 5 heteroatoms. The van der Waals surface area contributed by atoms with E-state index in [-0.39, 0.29) is 0 Å². The molecule has 0 saturated carbocycles. The second kappa shape index (κ2) is 4.89. The predicted molar refractivity (Wildman–Crippen MR) is 58.6 cm³/mol. The van der Waals surface area contributed by atoms with Crippen molar-refractivity contribution in [1.29, 1.82) is 0 Å². The summed E-state index contributed by atoms with van der Waals surface area (Å²) in [7, 11) is 0. The van der Waals surface area contributed by atoms with E-state index >= 15 is 0 Å². The summed E-state index contributed by atoms with van der Waals surface area (Å²) in [4.78, 5) is 1.57. The first-order valence-electron chi connectivity index (χ1n) is 4.79. The smallest absolute Gasteiger partial charge is 0.164 e. The van der Waals surface area contributed by atoms with Crippen molar-refractivity contribution >= 4 is 11.6 Å². The molecule has 1 aromatic heterocycles. The molecular weight excluding hydrogens is 212 g/mol. The summed E-state index contributed by atoms with van der Waals surface area (Å²) in [6, 6.07) is 9.79. The molecular formula is C10H11ClN4. The molecule has 0 bridgehead atoms. The molecule has 0 aliphatic rings. The molecule has 0 aliphatic heterocycles. The Kier molecular flexibility index (Phi) is 3.29. The average Bonchev–Trinajstić information content (AvgIpc) is 2.76.